The number of carbonyl (C=O) groups excluding carboxylic acids is 1. The molecule has 3 aromatic rings. The lowest BCUT2D eigenvalue weighted by atomic mass is 10.2. The van der Waals surface area contributed by atoms with Crippen LogP contribution in [0.25, 0.3) is 10.9 Å². The Morgan fingerprint density at radius 2 is 2.04 bits per heavy atom. The van der Waals surface area contributed by atoms with Crippen molar-refractivity contribution in [3.05, 3.63) is 64.1 Å². The molecular weight excluding hydrogens is 351 g/mol. The Morgan fingerprint density at radius 3 is 2.77 bits per heavy atom. The van der Waals surface area contributed by atoms with E-state index in [0.29, 0.717) is 10.9 Å². The lowest BCUT2D eigenvalue weighted by molar-refractivity contribution is -0.154. The third-order valence-electron chi connectivity index (χ3n) is 3.71. The molecule has 0 spiro atoms. The van der Waals surface area contributed by atoms with Crippen molar-refractivity contribution in [1.82, 2.24) is 14.9 Å². The largest absolute Gasteiger partial charge is 0.456 e. The van der Waals surface area contributed by atoms with Crippen molar-refractivity contribution in [2.24, 2.45) is 0 Å². The van der Waals surface area contributed by atoms with Crippen LogP contribution < -0.4 is 10.9 Å². The zero-order valence-corrected chi connectivity index (χ0v) is 13.6. The van der Waals surface area contributed by atoms with Crippen LogP contribution in [0, 0.1) is 6.92 Å². The van der Waals surface area contributed by atoms with Crippen LogP contribution in [0.4, 0.5) is 13.2 Å². The van der Waals surface area contributed by atoms with E-state index in [1.165, 1.54) is 19.3 Å². The Balaban J connectivity index is 1.73. The van der Waals surface area contributed by atoms with Crippen LogP contribution in [0.5, 0.6) is 0 Å². The number of hydrogen-bond acceptors (Lipinski definition) is 4. The molecule has 1 N–H and O–H groups in total. The summed E-state index contributed by atoms with van der Waals surface area (Å²) in [6.45, 7) is 0.677. The molecule has 0 aliphatic heterocycles. The lowest BCUT2D eigenvalue weighted by Crippen LogP contribution is -2.32. The van der Waals surface area contributed by atoms with Crippen molar-refractivity contribution in [2.75, 3.05) is 0 Å². The summed E-state index contributed by atoms with van der Waals surface area (Å²) in [7, 11) is 0. The summed E-state index contributed by atoms with van der Waals surface area (Å²) in [6, 6.07) is 7.88. The second-order valence-corrected chi connectivity index (χ2v) is 5.68. The number of hydrogen-bond donors (Lipinski definition) is 1. The van der Waals surface area contributed by atoms with Crippen LogP contribution >= 0.6 is 0 Å². The van der Waals surface area contributed by atoms with Gasteiger partial charge in [-0.25, -0.2) is 4.98 Å². The van der Waals surface area contributed by atoms with Crippen LogP contribution in [-0.2, 0) is 24.1 Å². The fourth-order valence-corrected chi connectivity index (χ4v) is 2.56. The number of carbonyl (C=O) groups is 1. The van der Waals surface area contributed by atoms with Crippen molar-refractivity contribution < 1.29 is 22.4 Å². The second-order valence-electron chi connectivity index (χ2n) is 5.68. The number of aryl methyl sites for hydroxylation is 1. The Hall–Kier alpha value is -3.10. The van der Waals surface area contributed by atoms with E-state index in [1.54, 1.807) is 24.3 Å². The molecule has 0 aliphatic rings. The molecule has 0 saturated carbocycles. The average molecular weight is 365 g/mol. The van der Waals surface area contributed by atoms with Gasteiger partial charge in [0.15, 0.2) is 0 Å². The van der Waals surface area contributed by atoms with Crippen molar-refractivity contribution in [2.45, 2.75) is 26.2 Å². The highest BCUT2D eigenvalue weighted by Gasteiger charge is 2.37. The normalized spacial score (nSPS) is 11.7. The minimum atomic E-state index is -4.65. The minimum Gasteiger partial charge on any atom is -0.456 e. The van der Waals surface area contributed by atoms with Gasteiger partial charge in [0.05, 0.1) is 17.2 Å². The molecule has 9 heteroatoms. The molecule has 2 heterocycles. The highest BCUT2D eigenvalue weighted by molar-refractivity contribution is 5.78. The number of aromatic nitrogens is 2. The maximum absolute atomic E-state index is 12.9. The van der Waals surface area contributed by atoms with Crippen molar-refractivity contribution in [1.29, 1.82) is 0 Å². The highest BCUT2D eigenvalue weighted by atomic mass is 19.4. The first-order chi connectivity index (χ1) is 12.3. The van der Waals surface area contributed by atoms with Gasteiger partial charge in [-0.15, -0.1) is 0 Å². The zero-order chi connectivity index (χ0) is 18.9. The predicted molar refractivity (Wildman–Crippen MR) is 86.3 cm³/mol. The predicted octanol–water partition coefficient (Wildman–Crippen LogP) is 2.63. The summed E-state index contributed by atoms with van der Waals surface area (Å²) in [5.41, 5.74) is -0.0777. The Kier molecular flexibility index (Phi) is 4.54. The second kappa shape index (κ2) is 6.66. The molecule has 26 heavy (non-hydrogen) atoms. The fourth-order valence-electron chi connectivity index (χ4n) is 2.56. The molecule has 0 radical (unpaired) electrons. The molecule has 0 aliphatic carbocycles. The fraction of sp³-hybridized carbons (Fsp3) is 0.235. The Bertz CT molecular complexity index is 1020. The Morgan fingerprint density at radius 1 is 1.31 bits per heavy atom. The third kappa shape index (κ3) is 3.61. The summed E-state index contributed by atoms with van der Waals surface area (Å²) in [5.74, 6) is -1.66. The van der Waals surface area contributed by atoms with Gasteiger partial charge in [0.1, 0.15) is 12.3 Å². The smallest absolute Gasteiger partial charge is 0.449 e. The summed E-state index contributed by atoms with van der Waals surface area (Å²) < 4.78 is 44.4. The topological polar surface area (TPSA) is 77.1 Å². The molecule has 3 rings (SSSR count). The molecule has 136 valence electrons. The van der Waals surface area contributed by atoms with Gasteiger partial charge >= 0.3 is 6.18 Å². The average Bonchev–Trinajstić information content (AvgIpc) is 2.97. The number of nitrogens with zero attached hydrogens (tertiary/aromatic N) is 2. The number of rotatable bonds is 4. The van der Waals surface area contributed by atoms with Crippen LogP contribution in [0.15, 0.2) is 45.9 Å². The van der Waals surface area contributed by atoms with Crippen LogP contribution in [0.2, 0.25) is 0 Å². The van der Waals surface area contributed by atoms with Gasteiger partial charge in [0.2, 0.25) is 11.7 Å². The summed E-state index contributed by atoms with van der Waals surface area (Å²) >= 11 is 0. The van der Waals surface area contributed by atoms with Gasteiger partial charge in [0.25, 0.3) is 5.56 Å². The van der Waals surface area contributed by atoms with E-state index in [4.69, 9.17) is 0 Å². The first-order valence-corrected chi connectivity index (χ1v) is 7.63. The molecule has 1 amide bonds. The molecule has 0 unspecified atom stereocenters. The number of alkyl halides is 3. The SMILES string of the molecule is Cc1cc(CNC(=O)Cn2cnc3ccccc3c2=O)c(C(F)(F)F)o1. The minimum absolute atomic E-state index is 0.0940. The molecule has 0 fully saturated rings. The molecular formula is C17H14F3N3O3. The van der Waals surface area contributed by atoms with Crippen LogP contribution in [0.3, 0.4) is 0 Å². The van der Waals surface area contributed by atoms with Crippen molar-refractivity contribution in [3.8, 4) is 0 Å². The number of amides is 1. The van der Waals surface area contributed by atoms with E-state index >= 15 is 0 Å². The van der Waals surface area contributed by atoms with Gasteiger partial charge in [0, 0.05) is 12.1 Å². The maximum Gasteiger partial charge on any atom is 0.449 e. The van der Waals surface area contributed by atoms with E-state index in [-0.39, 0.29) is 24.4 Å². The van der Waals surface area contributed by atoms with E-state index < -0.39 is 23.4 Å². The molecule has 0 saturated heterocycles. The lowest BCUT2D eigenvalue weighted by Gasteiger charge is -2.09. The van der Waals surface area contributed by atoms with E-state index in [1.807, 2.05) is 0 Å². The number of para-hydroxylation sites is 1. The van der Waals surface area contributed by atoms with Gasteiger partial charge in [-0.05, 0) is 25.1 Å². The van der Waals surface area contributed by atoms with Crippen LogP contribution in [-0.4, -0.2) is 15.5 Å². The zero-order valence-electron chi connectivity index (χ0n) is 13.6. The van der Waals surface area contributed by atoms with Crippen molar-refractivity contribution >= 4 is 16.8 Å². The number of halogens is 3. The monoisotopic (exact) mass is 365 g/mol. The summed E-state index contributed by atoms with van der Waals surface area (Å²) in [5, 5.41) is 2.72. The number of nitrogens with one attached hydrogen (secondary N) is 1. The molecule has 0 bridgehead atoms. The highest BCUT2D eigenvalue weighted by Crippen LogP contribution is 2.33. The Labute approximate surface area is 145 Å². The number of fused-ring (bicyclic) bond motifs is 1. The molecule has 6 nitrogen and oxygen atoms in total. The van der Waals surface area contributed by atoms with Gasteiger partial charge < -0.3 is 9.73 Å². The quantitative estimate of drug-likeness (QED) is 0.771. The summed E-state index contributed by atoms with van der Waals surface area (Å²) in [6.07, 6.45) is -3.42. The maximum atomic E-state index is 12.9. The molecule has 1 aromatic carbocycles. The first kappa shape index (κ1) is 17.7. The third-order valence-corrected chi connectivity index (χ3v) is 3.71. The van der Waals surface area contributed by atoms with E-state index in [2.05, 4.69) is 14.7 Å². The van der Waals surface area contributed by atoms with Crippen molar-refractivity contribution in [3.63, 3.8) is 0 Å². The first-order valence-electron chi connectivity index (χ1n) is 7.63. The molecule has 2 aromatic heterocycles. The van der Waals surface area contributed by atoms with Gasteiger partial charge in [-0.1, -0.05) is 12.1 Å². The standard InChI is InChI=1S/C17H14F3N3O3/c1-10-6-11(15(26-10)17(18,19)20)7-21-14(24)8-23-9-22-13-5-3-2-4-12(13)16(23)25/h2-6,9H,7-8H2,1H3,(H,21,24). The van der Waals surface area contributed by atoms with Crippen LogP contribution in [0.1, 0.15) is 17.1 Å². The summed E-state index contributed by atoms with van der Waals surface area (Å²) in [4.78, 5) is 28.4. The van der Waals surface area contributed by atoms with Gasteiger partial charge in [-0.2, -0.15) is 13.2 Å². The number of furan rings is 1. The molecule has 0 atom stereocenters. The van der Waals surface area contributed by atoms with Gasteiger partial charge in [-0.3, -0.25) is 14.2 Å². The van der Waals surface area contributed by atoms with E-state index in [9.17, 15) is 22.8 Å². The number of benzene rings is 1. The van der Waals surface area contributed by atoms with E-state index in [0.717, 1.165) is 4.57 Å².